The summed E-state index contributed by atoms with van der Waals surface area (Å²) in [4.78, 5) is 0. The third-order valence-corrected chi connectivity index (χ3v) is 3.47. The average molecular weight is 281 g/mol. The Hall–Kier alpha value is -1.09. The van der Waals surface area contributed by atoms with Crippen LogP contribution in [0.3, 0.4) is 0 Å². The van der Waals surface area contributed by atoms with Gasteiger partial charge in [0.1, 0.15) is 11.6 Å². The zero-order valence-corrected chi connectivity index (χ0v) is 12.8. The van der Waals surface area contributed by atoms with Crippen molar-refractivity contribution in [1.29, 1.82) is 0 Å². The van der Waals surface area contributed by atoms with Crippen LogP contribution >= 0.6 is 0 Å². The summed E-state index contributed by atoms with van der Waals surface area (Å²) in [6, 6.07) is 4.43. The summed E-state index contributed by atoms with van der Waals surface area (Å²) in [5.41, 5.74) is 6.73. The molecular weight excluding hydrogens is 253 g/mol. The highest BCUT2D eigenvalue weighted by atomic mass is 19.1. The molecule has 0 heterocycles. The van der Waals surface area contributed by atoms with Crippen LogP contribution < -0.4 is 10.5 Å². The number of ether oxygens (including phenoxy) is 1. The van der Waals surface area contributed by atoms with E-state index < -0.39 is 0 Å². The van der Waals surface area contributed by atoms with Crippen molar-refractivity contribution in [2.24, 2.45) is 5.73 Å². The van der Waals surface area contributed by atoms with Crippen LogP contribution in [0.4, 0.5) is 4.39 Å². The molecule has 0 unspecified atom stereocenters. The number of unbranched alkanes of at least 4 members (excludes halogenated alkanes) is 6. The first-order valence-corrected chi connectivity index (χ1v) is 7.83. The Balaban J connectivity index is 2.26. The van der Waals surface area contributed by atoms with Gasteiger partial charge < -0.3 is 10.5 Å². The van der Waals surface area contributed by atoms with E-state index in [1.807, 2.05) is 6.92 Å². The van der Waals surface area contributed by atoms with Crippen LogP contribution in [-0.2, 0) is 0 Å². The summed E-state index contributed by atoms with van der Waals surface area (Å²) in [6.45, 7) is 4.74. The highest BCUT2D eigenvalue weighted by molar-refractivity contribution is 5.36. The Morgan fingerprint density at radius 1 is 1.10 bits per heavy atom. The van der Waals surface area contributed by atoms with Crippen molar-refractivity contribution in [3.8, 4) is 5.75 Å². The molecule has 0 aliphatic heterocycles. The first kappa shape index (κ1) is 17.0. The van der Waals surface area contributed by atoms with Gasteiger partial charge in [-0.25, -0.2) is 4.39 Å². The molecule has 3 heteroatoms. The van der Waals surface area contributed by atoms with Crippen LogP contribution in [0.2, 0.25) is 0 Å². The topological polar surface area (TPSA) is 35.2 Å². The molecule has 2 nitrogen and oxygen atoms in total. The highest BCUT2D eigenvalue weighted by Gasteiger charge is 2.09. The van der Waals surface area contributed by atoms with Gasteiger partial charge in [-0.15, -0.1) is 0 Å². The maximum atomic E-state index is 13.2. The Morgan fingerprint density at radius 2 is 1.75 bits per heavy atom. The number of halogens is 1. The van der Waals surface area contributed by atoms with E-state index in [1.54, 1.807) is 6.07 Å². The molecule has 0 fully saturated rings. The molecule has 1 aromatic carbocycles. The first-order valence-electron chi connectivity index (χ1n) is 7.83. The van der Waals surface area contributed by atoms with Gasteiger partial charge in [-0.05, 0) is 19.4 Å². The van der Waals surface area contributed by atoms with Crippen molar-refractivity contribution < 1.29 is 9.13 Å². The fraction of sp³-hybridized carbons (Fsp3) is 0.647. The van der Waals surface area contributed by atoms with Crippen LogP contribution in [0.5, 0.6) is 5.75 Å². The third kappa shape index (κ3) is 6.38. The molecule has 0 saturated carbocycles. The molecule has 0 aliphatic rings. The van der Waals surface area contributed by atoms with Crippen LogP contribution in [0.1, 0.15) is 70.4 Å². The van der Waals surface area contributed by atoms with Gasteiger partial charge in [-0.3, -0.25) is 0 Å². The molecule has 114 valence electrons. The van der Waals surface area contributed by atoms with Crippen molar-refractivity contribution >= 4 is 0 Å². The molecule has 1 aromatic rings. The SMILES string of the molecule is CCCCCCCCCOc1cc(F)ccc1[C@@H](C)N. The minimum atomic E-state index is -0.274. The lowest BCUT2D eigenvalue weighted by atomic mass is 10.1. The quantitative estimate of drug-likeness (QED) is 0.614. The molecule has 2 N–H and O–H groups in total. The van der Waals surface area contributed by atoms with E-state index in [4.69, 9.17) is 10.5 Å². The molecule has 0 spiro atoms. The molecular formula is C17H28FNO. The maximum absolute atomic E-state index is 13.2. The number of hydrogen-bond acceptors (Lipinski definition) is 2. The van der Waals surface area contributed by atoms with Gasteiger partial charge in [0.2, 0.25) is 0 Å². The number of benzene rings is 1. The van der Waals surface area contributed by atoms with Crippen LogP contribution in [0, 0.1) is 5.82 Å². The fourth-order valence-corrected chi connectivity index (χ4v) is 2.25. The minimum absolute atomic E-state index is 0.139. The minimum Gasteiger partial charge on any atom is -0.493 e. The molecule has 1 rings (SSSR count). The summed E-state index contributed by atoms with van der Waals surface area (Å²) in [5, 5.41) is 0. The Labute approximate surface area is 122 Å². The van der Waals surface area contributed by atoms with Crippen molar-refractivity contribution in [2.75, 3.05) is 6.61 Å². The highest BCUT2D eigenvalue weighted by Crippen LogP contribution is 2.25. The molecule has 0 aliphatic carbocycles. The van der Waals surface area contributed by atoms with E-state index in [2.05, 4.69) is 6.92 Å². The van der Waals surface area contributed by atoms with E-state index in [0.29, 0.717) is 12.4 Å². The lowest BCUT2D eigenvalue weighted by Gasteiger charge is -2.14. The molecule has 0 bridgehead atoms. The van der Waals surface area contributed by atoms with E-state index in [-0.39, 0.29) is 11.9 Å². The number of rotatable bonds is 10. The predicted octanol–water partition coefficient (Wildman–Crippen LogP) is 4.97. The van der Waals surface area contributed by atoms with Crippen molar-refractivity contribution in [2.45, 2.75) is 64.8 Å². The maximum Gasteiger partial charge on any atom is 0.126 e. The standard InChI is InChI=1S/C17H28FNO/c1-3-4-5-6-7-8-9-12-20-17-13-15(18)10-11-16(17)14(2)19/h10-11,13-14H,3-9,12,19H2,1-2H3/t14-/m1/s1. The van der Waals surface area contributed by atoms with E-state index in [9.17, 15) is 4.39 Å². The fourth-order valence-electron chi connectivity index (χ4n) is 2.25. The van der Waals surface area contributed by atoms with Gasteiger partial charge in [0, 0.05) is 17.7 Å². The number of hydrogen-bond donors (Lipinski definition) is 1. The Morgan fingerprint density at radius 3 is 2.40 bits per heavy atom. The smallest absolute Gasteiger partial charge is 0.126 e. The largest absolute Gasteiger partial charge is 0.493 e. The second-order valence-electron chi connectivity index (χ2n) is 5.44. The lowest BCUT2D eigenvalue weighted by Crippen LogP contribution is -2.09. The van der Waals surface area contributed by atoms with Gasteiger partial charge in [-0.1, -0.05) is 51.5 Å². The number of nitrogens with two attached hydrogens (primary N) is 1. The molecule has 0 radical (unpaired) electrons. The van der Waals surface area contributed by atoms with Crippen molar-refractivity contribution in [1.82, 2.24) is 0 Å². The van der Waals surface area contributed by atoms with E-state index in [1.165, 1.54) is 50.7 Å². The molecule has 20 heavy (non-hydrogen) atoms. The summed E-state index contributed by atoms with van der Waals surface area (Å²) in [7, 11) is 0. The predicted molar refractivity (Wildman–Crippen MR) is 82.5 cm³/mol. The normalized spacial score (nSPS) is 12.4. The van der Waals surface area contributed by atoms with E-state index in [0.717, 1.165) is 12.0 Å². The third-order valence-electron chi connectivity index (χ3n) is 3.47. The molecule has 0 saturated heterocycles. The molecule has 0 amide bonds. The van der Waals surface area contributed by atoms with Crippen LogP contribution in [-0.4, -0.2) is 6.61 Å². The second kappa shape index (κ2) is 9.76. The zero-order valence-electron chi connectivity index (χ0n) is 12.8. The molecule has 1 atom stereocenters. The first-order chi connectivity index (χ1) is 9.65. The van der Waals surface area contributed by atoms with Gasteiger partial charge in [0.15, 0.2) is 0 Å². The summed E-state index contributed by atoms with van der Waals surface area (Å²) in [5.74, 6) is 0.315. The van der Waals surface area contributed by atoms with Crippen LogP contribution in [0.15, 0.2) is 18.2 Å². The molecule has 0 aromatic heterocycles. The Kier molecular flexibility index (Phi) is 8.28. The summed E-state index contributed by atoms with van der Waals surface area (Å²) < 4.78 is 18.9. The van der Waals surface area contributed by atoms with E-state index >= 15 is 0 Å². The summed E-state index contributed by atoms with van der Waals surface area (Å²) in [6.07, 6.45) is 8.69. The average Bonchev–Trinajstić information content (AvgIpc) is 2.41. The van der Waals surface area contributed by atoms with Crippen molar-refractivity contribution in [3.63, 3.8) is 0 Å². The van der Waals surface area contributed by atoms with Gasteiger partial charge in [0.05, 0.1) is 6.61 Å². The van der Waals surface area contributed by atoms with Gasteiger partial charge in [-0.2, -0.15) is 0 Å². The lowest BCUT2D eigenvalue weighted by molar-refractivity contribution is 0.298. The zero-order chi connectivity index (χ0) is 14.8. The second-order valence-corrected chi connectivity index (χ2v) is 5.44. The Bertz CT molecular complexity index is 379. The van der Waals surface area contributed by atoms with Crippen LogP contribution in [0.25, 0.3) is 0 Å². The van der Waals surface area contributed by atoms with Gasteiger partial charge >= 0.3 is 0 Å². The monoisotopic (exact) mass is 281 g/mol. The van der Waals surface area contributed by atoms with Crippen molar-refractivity contribution in [3.05, 3.63) is 29.6 Å². The van der Waals surface area contributed by atoms with Gasteiger partial charge in [0.25, 0.3) is 0 Å². The summed E-state index contributed by atoms with van der Waals surface area (Å²) >= 11 is 0.